The summed E-state index contributed by atoms with van der Waals surface area (Å²) in [6.07, 6.45) is 6.34. The number of esters is 1. The van der Waals surface area contributed by atoms with Crippen molar-refractivity contribution in [2.75, 3.05) is 6.61 Å². The largest absolute Gasteiger partial charge is 0.464 e. The van der Waals surface area contributed by atoms with Crippen LogP contribution in [0.5, 0.6) is 0 Å². The quantitative estimate of drug-likeness (QED) is 0.623. The predicted octanol–water partition coefficient (Wildman–Crippen LogP) is 2.93. The van der Waals surface area contributed by atoms with E-state index in [0.29, 0.717) is 17.9 Å². The van der Waals surface area contributed by atoms with Crippen LogP contribution < -0.4 is 5.56 Å². The van der Waals surface area contributed by atoms with Gasteiger partial charge >= 0.3 is 5.97 Å². The molecule has 1 atom stereocenters. The Bertz CT molecular complexity index is 778. The first-order valence-corrected chi connectivity index (χ1v) is 9.07. The molecule has 0 aromatic carbocycles. The molecule has 0 aliphatic heterocycles. The van der Waals surface area contributed by atoms with Crippen molar-refractivity contribution < 1.29 is 9.53 Å². The number of aryl methyl sites for hydroxylation is 1. The number of hydrogen-bond donors (Lipinski definition) is 0. The van der Waals surface area contributed by atoms with E-state index in [-0.39, 0.29) is 18.1 Å². The number of aromatic nitrogens is 2. The lowest BCUT2D eigenvalue weighted by molar-refractivity contribution is -0.144. The summed E-state index contributed by atoms with van der Waals surface area (Å²) in [5.74, 6) is 0.283. The minimum atomic E-state index is -0.376. The molecule has 1 aliphatic rings. The Hall–Kier alpha value is -1.69. The highest BCUT2D eigenvalue weighted by atomic mass is 32.1. The summed E-state index contributed by atoms with van der Waals surface area (Å²) in [7, 11) is 0. The minimum Gasteiger partial charge on any atom is -0.464 e. The molecule has 5 nitrogen and oxygen atoms in total. The van der Waals surface area contributed by atoms with Gasteiger partial charge in [0.05, 0.1) is 18.3 Å². The van der Waals surface area contributed by atoms with E-state index in [1.54, 1.807) is 11.3 Å². The van der Waals surface area contributed by atoms with E-state index in [2.05, 4.69) is 11.9 Å². The van der Waals surface area contributed by atoms with Gasteiger partial charge in [0.1, 0.15) is 11.4 Å². The second kappa shape index (κ2) is 6.83. The first-order chi connectivity index (χ1) is 11.1. The van der Waals surface area contributed by atoms with Gasteiger partial charge in [-0.3, -0.25) is 14.2 Å². The van der Waals surface area contributed by atoms with E-state index in [4.69, 9.17) is 4.74 Å². The number of rotatable bonds is 5. The molecule has 124 valence electrons. The van der Waals surface area contributed by atoms with Crippen LogP contribution in [0.2, 0.25) is 0 Å². The molecule has 1 aliphatic carbocycles. The molecule has 0 saturated heterocycles. The molecule has 0 N–H and O–H groups in total. The van der Waals surface area contributed by atoms with E-state index in [9.17, 15) is 9.59 Å². The maximum atomic E-state index is 12.7. The zero-order chi connectivity index (χ0) is 16.4. The maximum absolute atomic E-state index is 12.7. The molecular weight excluding hydrogens is 312 g/mol. The van der Waals surface area contributed by atoms with Gasteiger partial charge in [-0.05, 0) is 37.2 Å². The van der Waals surface area contributed by atoms with Crippen LogP contribution in [0, 0.1) is 5.92 Å². The monoisotopic (exact) mass is 334 g/mol. The first kappa shape index (κ1) is 16.2. The van der Waals surface area contributed by atoms with Gasteiger partial charge in [-0.15, -0.1) is 11.3 Å². The van der Waals surface area contributed by atoms with Crippen molar-refractivity contribution in [2.24, 2.45) is 5.92 Å². The Labute approximate surface area is 139 Å². The standard InChI is InChI=1S/C17H22N2O3S/c1-3-4-7-22-14(20)9-19-10-18-16-15(17(19)21)12-6-5-11(2)8-13(12)23-16/h10-11H,3-9H2,1-2H3/t11-/m0/s1. The summed E-state index contributed by atoms with van der Waals surface area (Å²) in [6.45, 7) is 4.63. The molecule has 0 amide bonds. The summed E-state index contributed by atoms with van der Waals surface area (Å²) in [5.41, 5.74) is 1.03. The lowest BCUT2D eigenvalue weighted by atomic mass is 9.89. The molecule has 2 aromatic rings. The van der Waals surface area contributed by atoms with Gasteiger partial charge in [0.25, 0.3) is 5.56 Å². The van der Waals surface area contributed by atoms with Gasteiger partial charge in [0.2, 0.25) is 0 Å². The van der Waals surface area contributed by atoms with Crippen LogP contribution >= 0.6 is 11.3 Å². The summed E-state index contributed by atoms with van der Waals surface area (Å²) in [5, 5.41) is 0.709. The molecule has 0 spiro atoms. The number of nitrogens with zero attached hydrogens (tertiary/aromatic N) is 2. The summed E-state index contributed by atoms with van der Waals surface area (Å²) < 4.78 is 6.51. The Morgan fingerprint density at radius 1 is 1.52 bits per heavy atom. The minimum absolute atomic E-state index is 0.0630. The zero-order valence-corrected chi connectivity index (χ0v) is 14.4. The molecule has 2 aromatic heterocycles. The topological polar surface area (TPSA) is 61.2 Å². The van der Waals surface area contributed by atoms with E-state index in [1.165, 1.54) is 15.8 Å². The third-order valence-corrected chi connectivity index (χ3v) is 5.50. The first-order valence-electron chi connectivity index (χ1n) is 8.25. The van der Waals surface area contributed by atoms with Crippen molar-refractivity contribution in [1.29, 1.82) is 0 Å². The van der Waals surface area contributed by atoms with Crippen LogP contribution in [0.15, 0.2) is 11.1 Å². The molecule has 23 heavy (non-hydrogen) atoms. The van der Waals surface area contributed by atoms with Crippen LogP contribution in [0.25, 0.3) is 10.2 Å². The van der Waals surface area contributed by atoms with Crippen molar-refractivity contribution in [2.45, 2.75) is 52.5 Å². The van der Waals surface area contributed by atoms with E-state index >= 15 is 0 Å². The Balaban J connectivity index is 1.87. The molecule has 0 saturated carbocycles. The Kier molecular flexibility index (Phi) is 4.80. The van der Waals surface area contributed by atoms with Crippen molar-refractivity contribution in [3.63, 3.8) is 0 Å². The van der Waals surface area contributed by atoms with Crippen LogP contribution in [0.4, 0.5) is 0 Å². The number of fused-ring (bicyclic) bond motifs is 3. The van der Waals surface area contributed by atoms with E-state index in [1.807, 2.05) is 6.92 Å². The lowest BCUT2D eigenvalue weighted by Gasteiger charge is -2.17. The van der Waals surface area contributed by atoms with Crippen LogP contribution in [0.1, 0.15) is 43.6 Å². The van der Waals surface area contributed by atoms with Crippen LogP contribution in [-0.4, -0.2) is 22.1 Å². The summed E-state index contributed by atoms with van der Waals surface area (Å²) in [6, 6.07) is 0. The number of hydrogen-bond acceptors (Lipinski definition) is 5. The number of carbonyl (C=O) groups excluding carboxylic acids is 1. The molecule has 0 bridgehead atoms. The highest BCUT2D eigenvalue weighted by molar-refractivity contribution is 7.18. The second-order valence-electron chi connectivity index (χ2n) is 6.28. The molecule has 2 heterocycles. The van der Waals surface area contributed by atoms with Gasteiger partial charge < -0.3 is 4.74 Å². The zero-order valence-electron chi connectivity index (χ0n) is 13.6. The van der Waals surface area contributed by atoms with Gasteiger partial charge in [-0.1, -0.05) is 20.3 Å². The van der Waals surface area contributed by atoms with Gasteiger partial charge in [0.15, 0.2) is 0 Å². The maximum Gasteiger partial charge on any atom is 0.326 e. The van der Waals surface area contributed by atoms with E-state index < -0.39 is 0 Å². The smallest absolute Gasteiger partial charge is 0.326 e. The molecule has 0 unspecified atom stereocenters. The fourth-order valence-electron chi connectivity index (χ4n) is 2.99. The number of ether oxygens (including phenoxy) is 1. The summed E-state index contributed by atoms with van der Waals surface area (Å²) >= 11 is 1.62. The van der Waals surface area contributed by atoms with Crippen molar-refractivity contribution in [3.8, 4) is 0 Å². The fraction of sp³-hybridized carbons (Fsp3) is 0.588. The van der Waals surface area contributed by atoms with Crippen molar-refractivity contribution >= 4 is 27.5 Å². The average Bonchev–Trinajstić information content (AvgIpc) is 2.88. The van der Waals surface area contributed by atoms with E-state index in [0.717, 1.165) is 42.5 Å². The lowest BCUT2D eigenvalue weighted by Crippen LogP contribution is -2.26. The van der Waals surface area contributed by atoms with Gasteiger partial charge in [-0.25, -0.2) is 4.98 Å². The Morgan fingerprint density at radius 2 is 2.35 bits per heavy atom. The molecule has 0 fully saturated rings. The fourth-order valence-corrected chi connectivity index (χ4v) is 4.33. The molecule has 3 rings (SSSR count). The summed E-state index contributed by atoms with van der Waals surface area (Å²) in [4.78, 5) is 31.0. The van der Waals surface area contributed by atoms with Crippen LogP contribution in [0.3, 0.4) is 0 Å². The number of unbranched alkanes of at least 4 members (excludes halogenated alkanes) is 1. The molecule has 6 heteroatoms. The van der Waals surface area contributed by atoms with Crippen molar-refractivity contribution in [3.05, 3.63) is 27.1 Å². The van der Waals surface area contributed by atoms with Gasteiger partial charge in [0, 0.05) is 4.88 Å². The Morgan fingerprint density at radius 3 is 3.13 bits per heavy atom. The number of carbonyl (C=O) groups is 1. The normalized spacial score (nSPS) is 17.2. The highest BCUT2D eigenvalue weighted by Crippen LogP contribution is 2.35. The SMILES string of the molecule is CCCCOC(=O)Cn1cnc2sc3c(c2c1=O)CC[C@H](C)C3. The molecular formula is C17H22N2O3S. The predicted molar refractivity (Wildman–Crippen MR) is 90.9 cm³/mol. The van der Waals surface area contributed by atoms with Crippen molar-refractivity contribution in [1.82, 2.24) is 9.55 Å². The van der Waals surface area contributed by atoms with Gasteiger partial charge in [-0.2, -0.15) is 0 Å². The third kappa shape index (κ3) is 3.32. The average molecular weight is 334 g/mol. The highest BCUT2D eigenvalue weighted by Gasteiger charge is 2.23. The second-order valence-corrected chi connectivity index (χ2v) is 7.37. The van der Waals surface area contributed by atoms with Crippen LogP contribution in [-0.2, 0) is 28.9 Å². The molecule has 0 radical (unpaired) electrons. The third-order valence-electron chi connectivity index (χ3n) is 4.34. The number of thiophene rings is 1.